The van der Waals surface area contributed by atoms with Gasteiger partial charge in [-0.05, 0) is 24.4 Å². The lowest BCUT2D eigenvalue weighted by molar-refractivity contribution is 0.168. The topological polar surface area (TPSA) is 9.23 Å². The van der Waals surface area contributed by atoms with Gasteiger partial charge in [0, 0.05) is 9.58 Å². The quantitative estimate of drug-likeness (QED) is 0.549. The summed E-state index contributed by atoms with van der Waals surface area (Å²) in [6, 6.07) is 10.5. The van der Waals surface area contributed by atoms with Crippen LogP contribution in [-0.2, 0) is 4.74 Å². The van der Waals surface area contributed by atoms with E-state index in [1.807, 2.05) is 13.0 Å². The molecule has 0 radical (unpaired) electrons. The van der Waals surface area contributed by atoms with E-state index in [1.165, 1.54) is 21.2 Å². The summed E-state index contributed by atoms with van der Waals surface area (Å²) in [5.74, 6) is 0. The van der Waals surface area contributed by atoms with Crippen LogP contribution in [0.5, 0.6) is 0 Å². The molecule has 0 spiro atoms. The fraction of sp³-hybridized carbons (Fsp3) is 0.154. The zero-order valence-corrected chi connectivity index (χ0v) is 9.38. The Balaban J connectivity index is 2.31. The van der Waals surface area contributed by atoms with Gasteiger partial charge in [-0.15, -0.1) is 11.3 Å². The Bertz CT molecular complexity index is 473. The third kappa shape index (κ3) is 2.12. The van der Waals surface area contributed by atoms with Gasteiger partial charge in [-0.25, -0.2) is 0 Å². The van der Waals surface area contributed by atoms with Crippen molar-refractivity contribution in [2.24, 2.45) is 0 Å². The third-order valence-corrected chi connectivity index (χ3v) is 3.48. The lowest BCUT2D eigenvalue weighted by atomic mass is 10.2. The van der Waals surface area contributed by atoms with E-state index in [4.69, 9.17) is 4.74 Å². The molecule has 1 nitrogen and oxygen atoms in total. The molecule has 2 heteroatoms. The van der Waals surface area contributed by atoms with Crippen molar-refractivity contribution in [1.29, 1.82) is 0 Å². The minimum Gasteiger partial charge on any atom is -0.485 e. The van der Waals surface area contributed by atoms with Crippen molar-refractivity contribution in [1.82, 2.24) is 0 Å². The van der Waals surface area contributed by atoms with E-state index in [1.54, 1.807) is 11.3 Å². The number of hydrogen-bond donors (Lipinski definition) is 0. The number of ether oxygens (including phenoxy) is 1. The summed E-state index contributed by atoms with van der Waals surface area (Å²) in [5, 5.41) is 1.27. The summed E-state index contributed by atoms with van der Waals surface area (Å²) in [6.07, 6.45) is 1.58. The van der Waals surface area contributed by atoms with Crippen molar-refractivity contribution in [3.8, 4) is 0 Å². The summed E-state index contributed by atoms with van der Waals surface area (Å²) in [7, 11) is 0. The molecule has 15 heavy (non-hydrogen) atoms. The van der Waals surface area contributed by atoms with E-state index < -0.39 is 0 Å². The van der Waals surface area contributed by atoms with Crippen LogP contribution in [0.2, 0.25) is 0 Å². The van der Waals surface area contributed by atoms with Gasteiger partial charge in [0.25, 0.3) is 0 Å². The van der Waals surface area contributed by atoms with Gasteiger partial charge in [0.05, 0.1) is 0 Å². The number of thiophene rings is 1. The highest BCUT2D eigenvalue weighted by Crippen LogP contribution is 2.31. The van der Waals surface area contributed by atoms with E-state index in [2.05, 4.69) is 36.6 Å². The predicted octanol–water partition coefficient (Wildman–Crippen LogP) is 4.28. The van der Waals surface area contributed by atoms with Crippen molar-refractivity contribution in [2.75, 3.05) is 0 Å². The smallest absolute Gasteiger partial charge is 0.130 e. The van der Waals surface area contributed by atoms with Crippen molar-refractivity contribution >= 4 is 21.4 Å². The maximum atomic E-state index is 5.42. The standard InChI is InChI=1S/C13H12OS/c1-3-8-14-10(2)13-9-11-6-4-5-7-12(11)15-13/h4-10H,1H2,2H3. The molecule has 0 N–H and O–H groups in total. The second kappa shape index (κ2) is 4.35. The number of rotatable bonds is 3. The number of fused-ring (bicyclic) bond motifs is 1. The average molecular weight is 216 g/mol. The maximum absolute atomic E-state index is 5.42. The fourth-order valence-electron chi connectivity index (χ4n) is 1.42. The van der Waals surface area contributed by atoms with Crippen LogP contribution in [0.4, 0.5) is 0 Å². The molecule has 0 aliphatic rings. The molecule has 76 valence electrons. The van der Waals surface area contributed by atoms with Crippen molar-refractivity contribution in [3.63, 3.8) is 0 Å². The SMILES string of the molecule is C=C=COC(C)c1cc2ccccc2s1. The lowest BCUT2D eigenvalue weighted by Gasteiger charge is -2.06. The van der Waals surface area contributed by atoms with Gasteiger partial charge < -0.3 is 4.74 Å². The molecule has 1 unspecified atom stereocenters. The Morgan fingerprint density at radius 3 is 3.00 bits per heavy atom. The second-order valence-electron chi connectivity index (χ2n) is 3.29. The van der Waals surface area contributed by atoms with Gasteiger partial charge in [-0.2, -0.15) is 0 Å². The van der Waals surface area contributed by atoms with E-state index in [-0.39, 0.29) is 6.10 Å². The molecule has 0 aliphatic carbocycles. The molecular formula is C13H12OS. The highest BCUT2D eigenvalue weighted by molar-refractivity contribution is 7.19. The first kappa shape index (κ1) is 10.0. The van der Waals surface area contributed by atoms with E-state index in [0.717, 1.165) is 0 Å². The minimum atomic E-state index is 0.0663. The largest absolute Gasteiger partial charge is 0.485 e. The van der Waals surface area contributed by atoms with Gasteiger partial charge in [0.15, 0.2) is 0 Å². The summed E-state index contributed by atoms with van der Waals surface area (Å²) >= 11 is 1.76. The molecule has 0 saturated heterocycles. The van der Waals surface area contributed by atoms with Crippen LogP contribution in [0.15, 0.2) is 48.9 Å². The Hall–Kier alpha value is -1.50. The minimum absolute atomic E-state index is 0.0663. The zero-order chi connectivity index (χ0) is 10.7. The van der Waals surface area contributed by atoms with Gasteiger partial charge in [-0.3, -0.25) is 0 Å². The van der Waals surface area contributed by atoms with Crippen molar-refractivity contribution in [3.05, 3.63) is 53.8 Å². The Morgan fingerprint density at radius 1 is 1.47 bits per heavy atom. The van der Waals surface area contributed by atoms with E-state index >= 15 is 0 Å². The number of benzene rings is 1. The highest BCUT2D eigenvalue weighted by Gasteiger charge is 2.08. The van der Waals surface area contributed by atoms with E-state index in [9.17, 15) is 0 Å². The first-order chi connectivity index (χ1) is 7.31. The molecule has 0 bridgehead atoms. The van der Waals surface area contributed by atoms with Crippen LogP contribution in [0.1, 0.15) is 17.9 Å². The average Bonchev–Trinajstić information content (AvgIpc) is 2.69. The van der Waals surface area contributed by atoms with Gasteiger partial charge in [0.1, 0.15) is 12.4 Å². The molecule has 2 rings (SSSR count). The molecule has 1 atom stereocenters. The lowest BCUT2D eigenvalue weighted by Crippen LogP contribution is -1.89. The Kier molecular flexibility index (Phi) is 2.91. The second-order valence-corrected chi connectivity index (χ2v) is 4.40. The molecule has 0 saturated carbocycles. The molecule has 2 aromatic rings. The molecule has 1 aromatic carbocycles. The van der Waals surface area contributed by atoms with E-state index in [0.29, 0.717) is 0 Å². The molecule has 0 aliphatic heterocycles. The summed E-state index contributed by atoms with van der Waals surface area (Å²) < 4.78 is 6.72. The molecule has 0 amide bonds. The summed E-state index contributed by atoms with van der Waals surface area (Å²) in [5.41, 5.74) is 2.61. The molecule has 1 heterocycles. The van der Waals surface area contributed by atoms with Crippen LogP contribution in [-0.4, -0.2) is 0 Å². The van der Waals surface area contributed by atoms with Crippen LogP contribution in [0, 0.1) is 0 Å². The van der Waals surface area contributed by atoms with Gasteiger partial charge in [0.2, 0.25) is 0 Å². The first-order valence-electron chi connectivity index (χ1n) is 4.79. The predicted molar refractivity (Wildman–Crippen MR) is 65.0 cm³/mol. The van der Waals surface area contributed by atoms with Crippen LogP contribution < -0.4 is 0 Å². The van der Waals surface area contributed by atoms with Crippen molar-refractivity contribution in [2.45, 2.75) is 13.0 Å². The van der Waals surface area contributed by atoms with Gasteiger partial charge >= 0.3 is 0 Å². The Morgan fingerprint density at radius 2 is 2.27 bits per heavy atom. The monoisotopic (exact) mass is 216 g/mol. The van der Waals surface area contributed by atoms with Crippen LogP contribution >= 0.6 is 11.3 Å². The zero-order valence-electron chi connectivity index (χ0n) is 8.57. The molecular weight excluding hydrogens is 204 g/mol. The first-order valence-corrected chi connectivity index (χ1v) is 5.61. The van der Waals surface area contributed by atoms with Crippen molar-refractivity contribution < 1.29 is 4.74 Å². The highest BCUT2D eigenvalue weighted by atomic mass is 32.1. The maximum Gasteiger partial charge on any atom is 0.130 e. The summed E-state index contributed by atoms with van der Waals surface area (Å²) in [4.78, 5) is 1.22. The van der Waals surface area contributed by atoms with Gasteiger partial charge in [-0.1, -0.05) is 30.5 Å². The third-order valence-electron chi connectivity index (χ3n) is 2.20. The molecule has 0 fully saturated rings. The number of hydrogen-bond acceptors (Lipinski definition) is 2. The normalized spacial score (nSPS) is 12.1. The Labute approximate surface area is 93.3 Å². The molecule has 1 aromatic heterocycles. The van der Waals surface area contributed by atoms with Crippen LogP contribution in [0.3, 0.4) is 0 Å². The van der Waals surface area contributed by atoms with Crippen LogP contribution in [0.25, 0.3) is 10.1 Å². The summed E-state index contributed by atoms with van der Waals surface area (Å²) in [6.45, 7) is 5.49. The fourth-order valence-corrected chi connectivity index (χ4v) is 2.47.